The minimum Gasteiger partial charge on any atom is -0.399 e. The first-order chi connectivity index (χ1) is 8.84. The zero-order valence-corrected chi connectivity index (χ0v) is 10.9. The second-order valence-electron chi connectivity index (χ2n) is 5.37. The Bertz CT molecular complexity index is 413. The van der Waals surface area contributed by atoms with Gasteiger partial charge in [-0.1, -0.05) is 12.5 Å². The number of hydrogen-bond acceptors (Lipinski definition) is 3. The molecule has 0 amide bonds. The van der Waals surface area contributed by atoms with Crippen LogP contribution >= 0.6 is 0 Å². The summed E-state index contributed by atoms with van der Waals surface area (Å²) >= 11 is 0. The largest absolute Gasteiger partial charge is 0.399 e. The molecule has 0 radical (unpaired) electrons. The van der Waals surface area contributed by atoms with Crippen molar-refractivity contribution in [3.8, 4) is 0 Å². The van der Waals surface area contributed by atoms with Crippen molar-refractivity contribution in [3.05, 3.63) is 29.3 Å². The van der Waals surface area contributed by atoms with Crippen LogP contribution in [-0.4, -0.2) is 31.2 Å². The standard InChI is InChI=1S/C15H22N2O/c16-13-6-5-12-3-1-2-4-15(14(12)11-13)17-7-9-18-10-8-17/h5-6,11,15H,1-4,7-10,16H2. The normalized spacial score (nSPS) is 25.4. The molecule has 1 unspecified atom stereocenters. The molecule has 2 aliphatic rings. The minimum absolute atomic E-state index is 0.551. The zero-order chi connectivity index (χ0) is 12.4. The highest BCUT2D eigenvalue weighted by atomic mass is 16.5. The van der Waals surface area contributed by atoms with Gasteiger partial charge in [0.1, 0.15) is 0 Å². The number of anilines is 1. The van der Waals surface area contributed by atoms with Gasteiger partial charge < -0.3 is 10.5 Å². The lowest BCUT2D eigenvalue weighted by molar-refractivity contribution is 0.0141. The second kappa shape index (κ2) is 5.29. The summed E-state index contributed by atoms with van der Waals surface area (Å²) in [6.45, 7) is 3.85. The molecule has 1 aliphatic carbocycles. The SMILES string of the molecule is Nc1ccc2c(c1)C(N1CCOCC1)CCCC2. The lowest BCUT2D eigenvalue weighted by atomic mass is 9.97. The molecule has 1 saturated heterocycles. The predicted molar refractivity (Wildman–Crippen MR) is 73.5 cm³/mol. The van der Waals surface area contributed by atoms with E-state index in [9.17, 15) is 0 Å². The Morgan fingerprint density at radius 1 is 1.17 bits per heavy atom. The Balaban J connectivity index is 1.91. The van der Waals surface area contributed by atoms with Gasteiger partial charge >= 0.3 is 0 Å². The van der Waals surface area contributed by atoms with Gasteiger partial charge in [-0.15, -0.1) is 0 Å². The van der Waals surface area contributed by atoms with Gasteiger partial charge in [0.15, 0.2) is 0 Å². The molecular formula is C15H22N2O. The summed E-state index contributed by atoms with van der Waals surface area (Å²) in [5.41, 5.74) is 9.84. The van der Waals surface area contributed by atoms with Gasteiger partial charge in [-0.2, -0.15) is 0 Å². The van der Waals surface area contributed by atoms with Gasteiger partial charge in [-0.25, -0.2) is 0 Å². The maximum Gasteiger partial charge on any atom is 0.0594 e. The summed E-state index contributed by atoms with van der Waals surface area (Å²) in [5.74, 6) is 0. The fraction of sp³-hybridized carbons (Fsp3) is 0.600. The van der Waals surface area contributed by atoms with Crippen molar-refractivity contribution in [1.82, 2.24) is 4.90 Å². The zero-order valence-electron chi connectivity index (χ0n) is 10.9. The topological polar surface area (TPSA) is 38.5 Å². The first-order valence-electron chi connectivity index (χ1n) is 7.05. The molecule has 1 aliphatic heterocycles. The van der Waals surface area contributed by atoms with Gasteiger partial charge in [-0.3, -0.25) is 4.90 Å². The number of hydrogen-bond donors (Lipinski definition) is 1. The van der Waals surface area contributed by atoms with E-state index in [1.165, 1.54) is 36.8 Å². The van der Waals surface area contributed by atoms with E-state index in [2.05, 4.69) is 17.0 Å². The van der Waals surface area contributed by atoms with Crippen LogP contribution in [0.3, 0.4) is 0 Å². The summed E-state index contributed by atoms with van der Waals surface area (Å²) in [7, 11) is 0. The van der Waals surface area contributed by atoms with Crippen molar-refractivity contribution in [2.24, 2.45) is 0 Å². The van der Waals surface area contributed by atoms with Crippen LogP contribution in [0.5, 0.6) is 0 Å². The van der Waals surface area contributed by atoms with Crippen molar-refractivity contribution in [2.45, 2.75) is 31.7 Å². The van der Waals surface area contributed by atoms with Crippen LogP contribution in [0, 0.1) is 0 Å². The monoisotopic (exact) mass is 246 g/mol. The van der Waals surface area contributed by atoms with Crippen molar-refractivity contribution < 1.29 is 4.74 Å². The molecule has 3 nitrogen and oxygen atoms in total. The van der Waals surface area contributed by atoms with E-state index < -0.39 is 0 Å². The number of fused-ring (bicyclic) bond motifs is 1. The van der Waals surface area contributed by atoms with Crippen LogP contribution in [0.2, 0.25) is 0 Å². The van der Waals surface area contributed by atoms with Crippen molar-refractivity contribution in [3.63, 3.8) is 0 Å². The molecule has 18 heavy (non-hydrogen) atoms. The highest BCUT2D eigenvalue weighted by molar-refractivity contribution is 5.46. The van der Waals surface area contributed by atoms with E-state index in [1.54, 1.807) is 0 Å². The fourth-order valence-electron chi connectivity index (χ4n) is 3.23. The van der Waals surface area contributed by atoms with Crippen LogP contribution in [0.15, 0.2) is 18.2 Å². The van der Waals surface area contributed by atoms with Gasteiger partial charge in [0.05, 0.1) is 13.2 Å². The lowest BCUT2D eigenvalue weighted by Gasteiger charge is -2.35. The Labute approximate surface area is 109 Å². The van der Waals surface area contributed by atoms with Crippen LogP contribution in [0.25, 0.3) is 0 Å². The minimum atomic E-state index is 0.551. The van der Waals surface area contributed by atoms with Crippen molar-refractivity contribution in [2.75, 3.05) is 32.0 Å². The van der Waals surface area contributed by atoms with Gasteiger partial charge in [0, 0.05) is 24.8 Å². The van der Waals surface area contributed by atoms with E-state index in [0.717, 1.165) is 32.0 Å². The van der Waals surface area contributed by atoms with Gasteiger partial charge in [0.2, 0.25) is 0 Å². The van der Waals surface area contributed by atoms with Crippen LogP contribution in [0.4, 0.5) is 5.69 Å². The number of benzene rings is 1. The quantitative estimate of drug-likeness (QED) is 0.610. The summed E-state index contributed by atoms with van der Waals surface area (Å²) in [5, 5.41) is 0. The van der Waals surface area contributed by atoms with Gasteiger partial charge in [-0.05, 0) is 42.5 Å². The first kappa shape index (κ1) is 12.0. The summed E-state index contributed by atoms with van der Waals surface area (Å²) < 4.78 is 5.47. The van der Waals surface area contributed by atoms with Crippen molar-refractivity contribution in [1.29, 1.82) is 0 Å². The molecule has 3 rings (SSSR count). The molecule has 1 heterocycles. The molecule has 3 heteroatoms. The molecule has 0 saturated carbocycles. The molecule has 1 aromatic carbocycles. The highest BCUT2D eigenvalue weighted by Crippen LogP contribution is 2.34. The van der Waals surface area contributed by atoms with E-state index >= 15 is 0 Å². The van der Waals surface area contributed by atoms with Crippen molar-refractivity contribution >= 4 is 5.69 Å². The number of morpholine rings is 1. The van der Waals surface area contributed by atoms with Crippen LogP contribution in [-0.2, 0) is 11.2 Å². The highest BCUT2D eigenvalue weighted by Gasteiger charge is 2.26. The number of rotatable bonds is 1. The summed E-state index contributed by atoms with van der Waals surface area (Å²) in [6.07, 6.45) is 5.08. The van der Waals surface area contributed by atoms with Crippen LogP contribution < -0.4 is 5.73 Å². The molecule has 2 N–H and O–H groups in total. The molecule has 1 aromatic rings. The number of nitrogen functional groups attached to an aromatic ring is 1. The molecule has 1 fully saturated rings. The van der Waals surface area contributed by atoms with E-state index in [0.29, 0.717) is 6.04 Å². The first-order valence-corrected chi connectivity index (χ1v) is 7.05. The maximum atomic E-state index is 5.98. The number of aryl methyl sites for hydroxylation is 1. The number of nitrogens with two attached hydrogens (primary N) is 1. The molecule has 0 bridgehead atoms. The van der Waals surface area contributed by atoms with E-state index in [-0.39, 0.29) is 0 Å². The smallest absolute Gasteiger partial charge is 0.0594 e. The molecule has 98 valence electrons. The lowest BCUT2D eigenvalue weighted by Crippen LogP contribution is -2.39. The maximum absolute atomic E-state index is 5.98. The summed E-state index contributed by atoms with van der Waals surface area (Å²) in [4.78, 5) is 2.58. The predicted octanol–water partition coefficient (Wildman–Crippen LogP) is 2.37. The average Bonchev–Trinajstić information content (AvgIpc) is 2.61. The molecule has 0 aromatic heterocycles. The molecule has 0 spiro atoms. The van der Waals surface area contributed by atoms with Gasteiger partial charge in [0.25, 0.3) is 0 Å². The third kappa shape index (κ3) is 2.38. The molecular weight excluding hydrogens is 224 g/mol. The fourth-order valence-corrected chi connectivity index (χ4v) is 3.23. The Kier molecular flexibility index (Phi) is 3.52. The number of ether oxygens (including phenoxy) is 1. The van der Waals surface area contributed by atoms with E-state index in [4.69, 9.17) is 10.5 Å². The molecule has 1 atom stereocenters. The van der Waals surface area contributed by atoms with Crippen LogP contribution in [0.1, 0.15) is 36.4 Å². The second-order valence-corrected chi connectivity index (χ2v) is 5.37. The van der Waals surface area contributed by atoms with E-state index in [1.807, 2.05) is 6.07 Å². The Morgan fingerprint density at radius 2 is 2.00 bits per heavy atom. The third-order valence-electron chi connectivity index (χ3n) is 4.19. The average molecular weight is 246 g/mol. The third-order valence-corrected chi connectivity index (χ3v) is 4.19. The summed E-state index contributed by atoms with van der Waals surface area (Å²) in [6, 6.07) is 7.01. The Hall–Kier alpha value is -1.06. The Morgan fingerprint density at radius 3 is 2.83 bits per heavy atom. The number of nitrogens with zero attached hydrogens (tertiary/aromatic N) is 1.